The van der Waals surface area contributed by atoms with Crippen molar-refractivity contribution in [1.29, 1.82) is 0 Å². The Morgan fingerprint density at radius 1 is 1.16 bits per heavy atom. The minimum atomic E-state index is 0.259. The molecule has 0 radical (unpaired) electrons. The summed E-state index contributed by atoms with van der Waals surface area (Å²) in [6.07, 6.45) is 3.37. The van der Waals surface area contributed by atoms with Crippen molar-refractivity contribution in [3.63, 3.8) is 0 Å². The first kappa shape index (κ1) is 12.4. The fourth-order valence-corrected chi connectivity index (χ4v) is 3.49. The number of rotatable bonds is 1. The molecular weight excluding hydrogens is 326 g/mol. The van der Waals surface area contributed by atoms with Crippen LogP contribution < -0.4 is 5.73 Å². The van der Waals surface area contributed by atoms with Gasteiger partial charge in [0, 0.05) is 22.8 Å². The molecule has 2 N–H and O–H groups in total. The largest absolute Gasteiger partial charge is 0.368 e. The Kier molecular flexibility index (Phi) is 2.94. The van der Waals surface area contributed by atoms with Crippen LogP contribution in [-0.4, -0.2) is 19.9 Å². The van der Waals surface area contributed by atoms with Crippen molar-refractivity contribution in [2.45, 2.75) is 13.8 Å². The van der Waals surface area contributed by atoms with Crippen molar-refractivity contribution >= 4 is 43.4 Å². The minimum Gasteiger partial charge on any atom is -0.368 e. The highest BCUT2D eigenvalue weighted by Crippen LogP contribution is 2.38. The van der Waals surface area contributed by atoms with Crippen molar-refractivity contribution in [3.05, 3.63) is 27.6 Å². The smallest absolute Gasteiger partial charge is 0.219 e. The standard InChI is InChI=1S/C12H10BrN5S/c1-5-8(13)10-11(19-5)9(17-6(2)18-10)7-3-15-12(14)16-4-7/h3-4H,1-2H3,(H2,14,15,16). The number of hydrogen-bond donors (Lipinski definition) is 1. The molecule has 0 aliphatic rings. The predicted molar refractivity (Wildman–Crippen MR) is 80.0 cm³/mol. The summed E-state index contributed by atoms with van der Waals surface area (Å²) in [5.74, 6) is 0.979. The van der Waals surface area contributed by atoms with Crippen LogP contribution in [0.4, 0.5) is 5.95 Å². The maximum Gasteiger partial charge on any atom is 0.219 e. The number of hydrogen-bond acceptors (Lipinski definition) is 6. The molecule has 7 heteroatoms. The highest BCUT2D eigenvalue weighted by atomic mass is 79.9. The predicted octanol–water partition coefficient (Wildman–Crippen LogP) is 3.11. The second-order valence-electron chi connectivity index (χ2n) is 4.10. The molecule has 0 saturated carbocycles. The molecule has 0 aromatic carbocycles. The number of nitrogens with zero attached hydrogens (tertiary/aromatic N) is 4. The molecule has 0 spiro atoms. The van der Waals surface area contributed by atoms with Crippen molar-refractivity contribution in [1.82, 2.24) is 19.9 Å². The van der Waals surface area contributed by atoms with Gasteiger partial charge in [-0.2, -0.15) is 0 Å². The number of aryl methyl sites for hydroxylation is 2. The molecular formula is C12H10BrN5S. The lowest BCUT2D eigenvalue weighted by atomic mass is 10.2. The Hall–Kier alpha value is -1.60. The molecule has 0 unspecified atom stereocenters. The van der Waals surface area contributed by atoms with Crippen LogP contribution in [0, 0.1) is 13.8 Å². The number of thiophene rings is 1. The van der Waals surface area contributed by atoms with E-state index in [0.29, 0.717) is 0 Å². The number of aromatic nitrogens is 4. The Morgan fingerprint density at radius 3 is 2.53 bits per heavy atom. The first-order chi connectivity index (χ1) is 9.06. The second-order valence-corrected chi connectivity index (χ2v) is 6.12. The van der Waals surface area contributed by atoms with E-state index in [2.05, 4.69) is 42.8 Å². The monoisotopic (exact) mass is 335 g/mol. The third kappa shape index (κ3) is 2.08. The summed E-state index contributed by atoms with van der Waals surface area (Å²) in [7, 11) is 0. The molecule has 0 aliphatic heterocycles. The normalized spacial score (nSPS) is 11.1. The number of halogens is 1. The minimum absolute atomic E-state index is 0.259. The van der Waals surface area contributed by atoms with Gasteiger partial charge in [0.2, 0.25) is 5.95 Å². The van der Waals surface area contributed by atoms with Crippen molar-refractivity contribution in [2.24, 2.45) is 0 Å². The highest BCUT2D eigenvalue weighted by Gasteiger charge is 2.15. The van der Waals surface area contributed by atoms with Crippen molar-refractivity contribution in [3.8, 4) is 11.3 Å². The molecule has 0 saturated heterocycles. The van der Waals surface area contributed by atoms with Gasteiger partial charge in [0.25, 0.3) is 0 Å². The lowest BCUT2D eigenvalue weighted by Gasteiger charge is -2.03. The maximum atomic E-state index is 5.52. The van der Waals surface area contributed by atoms with Gasteiger partial charge in [-0.25, -0.2) is 19.9 Å². The average Bonchev–Trinajstić information content (AvgIpc) is 2.66. The molecule has 3 aromatic heterocycles. The fourth-order valence-electron chi connectivity index (χ4n) is 1.83. The number of nitrogen functional groups attached to an aromatic ring is 1. The number of fused-ring (bicyclic) bond motifs is 1. The summed E-state index contributed by atoms with van der Waals surface area (Å²) in [6.45, 7) is 3.93. The average molecular weight is 336 g/mol. The molecule has 0 atom stereocenters. The van der Waals surface area contributed by atoms with Gasteiger partial charge >= 0.3 is 0 Å². The molecule has 0 aliphatic carbocycles. The topological polar surface area (TPSA) is 77.6 Å². The number of anilines is 1. The van der Waals surface area contributed by atoms with Crippen LogP contribution in [0.2, 0.25) is 0 Å². The Bertz CT molecular complexity index is 766. The van der Waals surface area contributed by atoms with Crippen molar-refractivity contribution < 1.29 is 0 Å². The van der Waals surface area contributed by atoms with Crippen LogP contribution >= 0.6 is 27.3 Å². The highest BCUT2D eigenvalue weighted by molar-refractivity contribution is 9.10. The molecule has 96 valence electrons. The van der Waals surface area contributed by atoms with Gasteiger partial charge in [0.05, 0.1) is 20.4 Å². The summed E-state index contributed by atoms with van der Waals surface area (Å²) in [4.78, 5) is 18.2. The van der Waals surface area contributed by atoms with Crippen LogP contribution in [0.5, 0.6) is 0 Å². The lowest BCUT2D eigenvalue weighted by molar-refractivity contribution is 1.09. The molecule has 0 bridgehead atoms. The molecule has 5 nitrogen and oxygen atoms in total. The zero-order chi connectivity index (χ0) is 13.6. The van der Waals surface area contributed by atoms with Gasteiger partial charge in [0.15, 0.2) is 0 Å². The zero-order valence-electron chi connectivity index (χ0n) is 10.3. The maximum absolute atomic E-state index is 5.52. The third-order valence-electron chi connectivity index (χ3n) is 2.69. The van der Waals surface area contributed by atoms with E-state index in [4.69, 9.17) is 5.73 Å². The van der Waals surface area contributed by atoms with Gasteiger partial charge in [-0.15, -0.1) is 11.3 Å². The van der Waals surface area contributed by atoms with E-state index in [1.165, 1.54) is 4.88 Å². The van der Waals surface area contributed by atoms with E-state index < -0.39 is 0 Å². The van der Waals surface area contributed by atoms with E-state index >= 15 is 0 Å². The van der Waals surface area contributed by atoms with Gasteiger partial charge < -0.3 is 5.73 Å². The summed E-state index contributed by atoms with van der Waals surface area (Å²) in [5, 5.41) is 0. The van der Waals surface area contributed by atoms with Gasteiger partial charge in [0.1, 0.15) is 5.82 Å². The fraction of sp³-hybridized carbons (Fsp3) is 0.167. The van der Waals surface area contributed by atoms with Crippen molar-refractivity contribution in [2.75, 3.05) is 5.73 Å². The van der Waals surface area contributed by atoms with Crippen LogP contribution in [0.25, 0.3) is 21.5 Å². The quantitative estimate of drug-likeness (QED) is 0.739. The summed E-state index contributed by atoms with van der Waals surface area (Å²) >= 11 is 5.23. The van der Waals surface area contributed by atoms with Crippen LogP contribution in [0.15, 0.2) is 16.9 Å². The van der Waals surface area contributed by atoms with Crippen LogP contribution in [0.3, 0.4) is 0 Å². The summed E-state index contributed by atoms with van der Waals surface area (Å²) in [6, 6.07) is 0. The Morgan fingerprint density at radius 2 is 1.84 bits per heavy atom. The molecule has 0 amide bonds. The van der Waals surface area contributed by atoms with E-state index in [1.54, 1.807) is 23.7 Å². The van der Waals surface area contributed by atoms with Gasteiger partial charge in [-0.05, 0) is 29.8 Å². The van der Waals surface area contributed by atoms with E-state index in [1.807, 2.05) is 6.92 Å². The molecule has 3 heterocycles. The summed E-state index contributed by atoms with van der Waals surface area (Å²) in [5.41, 5.74) is 8.14. The SMILES string of the molecule is Cc1nc(-c2cnc(N)nc2)c2sc(C)c(Br)c2n1. The van der Waals surface area contributed by atoms with Gasteiger partial charge in [-0.1, -0.05) is 0 Å². The molecule has 0 fully saturated rings. The Labute approximate surface area is 122 Å². The van der Waals surface area contributed by atoms with Crippen LogP contribution in [-0.2, 0) is 0 Å². The third-order valence-corrected chi connectivity index (χ3v) is 5.03. The molecule has 19 heavy (non-hydrogen) atoms. The van der Waals surface area contributed by atoms with Crippen LogP contribution in [0.1, 0.15) is 10.7 Å². The molecule has 3 rings (SSSR count). The lowest BCUT2D eigenvalue weighted by Crippen LogP contribution is -1.96. The van der Waals surface area contributed by atoms with E-state index in [0.717, 1.165) is 31.8 Å². The molecule has 3 aromatic rings. The second kappa shape index (κ2) is 4.50. The Balaban J connectivity index is 2.34. The zero-order valence-corrected chi connectivity index (χ0v) is 12.7. The van der Waals surface area contributed by atoms with Gasteiger partial charge in [-0.3, -0.25) is 0 Å². The summed E-state index contributed by atoms with van der Waals surface area (Å²) < 4.78 is 2.05. The first-order valence-corrected chi connectivity index (χ1v) is 7.18. The first-order valence-electron chi connectivity index (χ1n) is 5.57. The number of nitrogens with two attached hydrogens (primary N) is 1. The van der Waals surface area contributed by atoms with E-state index in [9.17, 15) is 0 Å². The van der Waals surface area contributed by atoms with E-state index in [-0.39, 0.29) is 5.95 Å².